The summed E-state index contributed by atoms with van der Waals surface area (Å²) in [7, 11) is 0. The minimum absolute atomic E-state index is 0.00649. The third kappa shape index (κ3) is 7.31. The molecule has 1 aromatic carbocycles. The molecule has 1 aromatic heterocycles. The van der Waals surface area contributed by atoms with Crippen LogP contribution in [0.15, 0.2) is 30.3 Å². The van der Waals surface area contributed by atoms with Crippen LogP contribution in [0.4, 0.5) is 4.79 Å². The van der Waals surface area contributed by atoms with Crippen molar-refractivity contribution < 1.29 is 33.8 Å². The Morgan fingerprint density at radius 1 is 1.08 bits per heavy atom. The smallest absolute Gasteiger partial charge is 0.409 e. The molecule has 0 bridgehead atoms. The van der Waals surface area contributed by atoms with Crippen molar-refractivity contribution >= 4 is 34.8 Å². The number of ether oxygens (including phenoxy) is 2. The van der Waals surface area contributed by atoms with Crippen molar-refractivity contribution in [2.75, 3.05) is 39.3 Å². The van der Waals surface area contributed by atoms with Crippen LogP contribution in [-0.2, 0) is 19.1 Å². The molecular weight excluding hydrogens is 480 g/mol. The van der Waals surface area contributed by atoms with E-state index in [-0.39, 0.29) is 44.1 Å². The molecule has 0 radical (unpaired) electrons. The summed E-state index contributed by atoms with van der Waals surface area (Å²) < 4.78 is 10.5. The van der Waals surface area contributed by atoms with Gasteiger partial charge < -0.3 is 29.7 Å². The average molecular weight is 515 g/mol. The van der Waals surface area contributed by atoms with E-state index in [9.17, 15) is 24.3 Å². The maximum Gasteiger partial charge on any atom is 0.409 e. The van der Waals surface area contributed by atoms with Crippen LogP contribution in [0.5, 0.6) is 5.75 Å². The zero-order valence-electron chi connectivity index (χ0n) is 21.7. The zero-order valence-corrected chi connectivity index (χ0v) is 21.7. The number of hydrogen-bond acceptors (Lipinski definition) is 8. The number of fused-ring (bicyclic) bond motifs is 1. The van der Waals surface area contributed by atoms with E-state index in [1.54, 1.807) is 52.0 Å². The molecule has 11 nitrogen and oxygen atoms in total. The number of carbonyl (C=O) groups excluding carboxylic acids is 4. The van der Waals surface area contributed by atoms with Crippen LogP contribution in [0, 0.1) is 5.92 Å². The predicted molar refractivity (Wildman–Crippen MR) is 135 cm³/mol. The van der Waals surface area contributed by atoms with Crippen LogP contribution in [-0.4, -0.2) is 88.7 Å². The number of benzene rings is 1. The third-order valence-corrected chi connectivity index (χ3v) is 5.75. The first-order chi connectivity index (χ1) is 17.5. The van der Waals surface area contributed by atoms with Crippen molar-refractivity contribution in [2.24, 2.45) is 5.92 Å². The maximum atomic E-state index is 13.3. The number of carbonyl (C=O) groups is 4. The normalized spacial score (nSPS) is 14.7. The number of rotatable bonds is 7. The molecule has 0 aliphatic carbocycles. The number of hydrogen-bond donors (Lipinski definition) is 2. The lowest BCUT2D eigenvalue weighted by Gasteiger charge is -2.35. The number of esters is 1. The third-order valence-electron chi connectivity index (χ3n) is 5.75. The lowest BCUT2D eigenvalue weighted by Crippen LogP contribution is -2.53. The second kappa shape index (κ2) is 11.9. The Hall–Kier alpha value is -3.89. The first kappa shape index (κ1) is 27.7. The van der Waals surface area contributed by atoms with Crippen molar-refractivity contribution in [1.82, 2.24) is 20.1 Å². The molecule has 1 aliphatic rings. The molecule has 0 saturated carbocycles. The molecular formula is C26H34N4O7. The highest BCUT2D eigenvalue weighted by molar-refractivity contribution is 5.99. The predicted octanol–water partition coefficient (Wildman–Crippen LogP) is 2.32. The Balaban J connectivity index is 1.65. The molecule has 3 rings (SSSR count). The van der Waals surface area contributed by atoms with Crippen LogP contribution in [0.25, 0.3) is 10.9 Å². The number of para-hydroxylation sites is 1. The van der Waals surface area contributed by atoms with Crippen LogP contribution < -0.4 is 5.32 Å². The van der Waals surface area contributed by atoms with Gasteiger partial charge in [-0.25, -0.2) is 9.78 Å². The number of nitrogens with zero attached hydrogens (tertiary/aromatic N) is 3. The van der Waals surface area contributed by atoms with Gasteiger partial charge in [-0.3, -0.25) is 14.4 Å². The van der Waals surface area contributed by atoms with Gasteiger partial charge in [-0.05, 0) is 46.2 Å². The minimum atomic E-state index is -1.13. The van der Waals surface area contributed by atoms with Crippen molar-refractivity contribution in [3.63, 3.8) is 0 Å². The van der Waals surface area contributed by atoms with E-state index in [0.717, 1.165) is 0 Å². The van der Waals surface area contributed by atoms with E-state index in [2.05, 4.69) is 10.3 Å². The minimum Gasteiger partial charge on any atom is -0.507 e. The molecule has 2 heterocycles. The van der Waals surface area contributed by atoms with Crippen molar-refractivity contribution in [3.8, 4) is 5.75 Å². The first-order valence-corrected chi connectivity index (χ1v) is 12.3. The van der Waals surface area contributed by atoms with Crippen molar-refractivity contribution in [2.45, 2.75) is 39.7 Å². The summed E-state index contributed by atoms with van der Waals surface area (Å²) in [5, 5.41) is 13.4. The summed E-state index contributed by atoms with van der Waals surface area (Å²) >= 11 is 0. The molecule has 1 unspecified atom stereocenters. The number of pyridine rings is 1. The second-order valence-electron chi connectivity index (χ2n) is 9.69. The number of aromatic nitrogens is 1. The van der Waals surface area contributed by atoms with Gasteiger partial charge in [-0.1, -0.05) is 12.1 Å². The molecule has 1 fully saturated rings. The Labute approximate surface area is 215 Å². The molecule has 37 heavy (non-hydrogen) atoms. The van der Waals surface area contributed by atoms with E-state index in [1.807, 2.05) is 0 Å². The number of aromatic hydroxyl groups is 1. The summed E-state index contributed by atoms with van der Waals surface area (Å²) in [5.74, 6) is -2.85. The molecule has 2 N–H and O–H groups in total. The maximum absolute atomic E-state index is 13.3. The van der Waals surface area contributed by atoms with Crippen LogP contribution in [0.3, 0.4) is 0 Å². The van der Waals surface area contributed by atoms with Gasteiger partial charge in [0, 0.05) is 44.2 Å². The lowest BCUT2D eigenvalue weighted by atomic mass is 10.0. The molecule has 3 amide bonds. The van der Waals surface area contributed by atoms with Gasteiger partial charge in [-0.2, -0.15) is 0 Å². The van der Waals surface area contributed by atoms with Gasteiger partial charge in [0.1, 0.15) is 23.0 Å². The zero-order chi connectivity index (χ0) is 27.2. The Morgan fingerprint density at radius 2 is 1.73 bits per heavy atom. The first-order valence-electron chi connectivity index (χ1n) is 12.3. The molecule has 200 valence electrons. The summed E-state index contributed by atoms with van der Waals surface area (Å²) in [5.41, 5.74) is -0.309. The molecule has 11 heteroatoms. The fourth-order valence-electron chi connectivity index (χ4n) is 3.95. The van der Waals surface area contributed by atoms with Crippen LogP contribution in [0.2, 0.25) is 0 Å². The topological polar surface area (TPSA) is 138 Å². The molecule has 1 saturated heterocycles. The van der Waals surface area contributed by atoms with E-state index in [1.165, 1.54) is 15.9 Å². The largest absolute Gasteiger partial charge is 0.507 e. The quantitative estimate of drug-likeness (QED) is 0.424. The summed E-state index contributed by atoms with van der Waals surface area (Å²) in [6.45, 7) is 8.22. The Morgan fingerprint density at radius 3 is 2.38 bits per heavy atom. The molecule has 1 aliphatic heterocycles. The number of amides is 3. The number of nitrogens with one attached hydrogen (secondary N) is 1. The standard InChI is InChI=1S/C26H34N4O7/c1-5-36-25(35)30-14-12-29(13-15-30)23(33)18(24(34)37-26(2,3)4)10-11-27-22(32)20-16-21(31)17-8-6-7-9-19(17)28-20/h6-9,16,18H,5,10-15H2,1-4H3,(H,27,32)(H,28,31). The summed E-state index contributed by atoms with van der Waals surface area (Å²) in [6.07, 6.45) is -0.425. The highest BCUT2D eigenvalue weighted by atomic mass is 16.6. The van der Waals surface area contributed by atoms with E-state index < -0.39 is 35.4 Å². The highest BCUT2D eigenvalue weighted by Gasteiger charge is 2.36. The van der Waals surface area contributed by atoms with Crippen molar-refractivity contribution in [1.29, 1.82) is 0 Å². The SMILES string of the molecule is CCOC(=O)N1CCN(C(=O)C(CCNC(=O)c2cc(O)c3ccccc3n2)C(=O)OC(C)(C)C)CC1. The monoisotopic (exact) mass is 514 g/mol. The summed E-state index contributed by atoms with van der Waals surface area (Å²) in [4.78, 5) is 58.2. The molecule has 2 aromatic rings. The lowest BCUT2D eigenvalue weighted by molar-refractivity contribution is -0.165. The van der Waals surface area contributed by atoms with Crippen LogP contribution in [0.1, 0.15) is 44.6 Å². The second-order valence-corrected chi connectivity index (χ2v) is 9.69. The average Bonchev–Trinajstić information content (AvgIpc) is 2.85. The van der Waals surface area contributed by atoms with Gasteiger partial charge in [0.15, 0.2) is 0 Å². The Kier molecular flexibility index (Phi) is 8.90. The highest BCUT2D eigenvalue weighted by Crippen LogP contribution is 2.24. The van der Waals surface area contributed by atoms with E-state index in [0.29, 0.717) is 24.0 Å². The molecule has 1 atom stereocenters. The fraction of sp³-hybridized carbons (Fsp3) is 0.500. The Bertz CT molecular complexity index is 1150. The van der Waals surface area contributed by atoms with E-state index >= 15 is 0 Å². The van der Waals surface area contributed by atoms with Gasteiger partial charge in [-0.15, -0.1) is 0 Å². The van der Waals surface area contributed by atoms with Gasteiger partial charge >= 0.3 is 12.1 Å². The fourth-order valence-corrected chi connectivity index (χ4v) is 3.95. The molecule has 0 spiro atoms. The summed E-state index contributed by atoms with van der Waals surface area (Å²) in [6, 6.07) is 8.17. The van der Waals surface area contributed by atoms with Gasteiger partial charge in [0.25, 0.3) is 5.91 Å². The van der Waals surface area contributed by atoms with Gasteiger partial charge in [0.2, 0.25) is 5.91 Å². The number of piperazine rings is 1. The van der Waals surface area contributed by atoms with Crippen LogP contribution >= 0.6 is 0 Å². The van der Waals surface area contributed by atoms with E-state index in [4.69, 9.17) is 9.47 Å². The van der Waals surface area contributed by atoms with Gasteiger partial charge in [0.05, 0.1) is 12.1 Å². The van der Waals surface area contributed by atoms with Crippen molar-refractivity contribution in [3.05, 3.63) is 36.0 Å².